The zero-order valence-electron chi connectivity index (χ0n) is 6.22. The van der Waals surface area contributed by atoms with Gasteiger partial charge in [-0.3, -0.25) is 19.6 Å². The Morgan fingerprint density at radius 3 is 0.407 bits per heavy atom. The maximum Gasteiger partial charge on any atom is 0.394 e. The lowest BCUT2D eigenvalue weighted by molar-refractivity contribution is -0.176. The van der Waals surface area contributed by atoms with Crippen LogP contribution in [0.4, 0.5) is 0 Å². The van der Waals surface area contributed by atoms with Crippen molar-refractivity contribution in [1.82, 2.24) is 6.15 Å². The molecule has 0 saturated heterocycles. The summed E-state index contributed by atoms with van der Waals surface area (Å²) in [6.45, 7) is 0. The van der Waals surface area contributed by atoms with E-state index in [1.54, 1.807) is 0 Å². The van der Waals surface area contributed by atoms with Crippen molar-refractivity contribution in [3.63, 3.8) is 0 Å². The Bertz CT molecular complexity index is 123. The molecule has 15 N–H and O–H groups in total. The van der Waals surface area contributed by atoms with Gasteiger partial charge < -0.3 is 28.1 Å². The minimum atomic E-state index is -4.67. The van der Waals surface area contributed by atoms with Crippen molar-refractivity contribution in [3.8, 4) is 0 Å². The van der Waals surface area contributed by atoms with Gasteiger partial charge in [0.2, 0.25) is 0 Å². The summed E-state index contributed by atoms with van der Waals surface area (Å²) in [5.41, 5.74) is 0. The third-order valence-electron chi connectivity index (χ3n) is 0. The molecular formula is C14H73NO10S2. The van der Waals surface area contributed by atoms with E-state index in [2.05, 4.69) is 0 Å². The number of rotatable bonds is 0. The molecule has 11 nitrogen and oxygen atoms in total. The van der Waals surface area contributed by atoms with Crippen molar-refractivity contribution in [3.05, 3.63) is 0 Å². The molecule has 0 bridgehead atoms. The van der Waals surface area contributed by atoms with E-state index in [0.29, 0.717) is 0 Å². The topological polar surface area (TPSA) is 276 Å². The lowest BCUT2D eigenvalue weighted by atomic mass is 12.0. The molecule has 0 radical (unpaired) electrons. The molecule has 0 amide bonds. The Hall–Kier alpha value is -0.0600. The molecule has 0 aromatic carbocycles. The summed E-state index contributed by atoms with van der Waals surface area (Å²) in [5, 5.41) is 12.0. The summed E-state index contributed by atoms with van der Waals surface area (Å²) in [7, 11) is -4.67. The van der Waals surface area contributed by atoms with Gasteiger partial charge in [-0.05, 0) is 0 Å². The monoisotopic (exact) mass is 479 g/mol. The normalized spacial score (nSPS) is 2.37. The van der Waals surface area contributed by atoms with Gasteiger partial charge in [0.15, 0.2) is 0 Å². The summed E-state index contributed by atoms with van der Waals surface area (Å²) in [4.78, 5) is 0. The van der Waals surface area contributed by atoms with Gasteiger partial charge in [0.25, 0.3) is 0 Å². The van der Waals surface area contributed by atoms with E-state index in [-0.39, 0.29) is 146 Å². The van der Waals surface area contributed by atoms with Gasteiger partial charge >= 0.3 is 10.4 Å². The third-order valence-corrected chi connectivity index (χ3v) is 0. The lowest BCUT2D eigenvalue weighted by Crippen LogP contribution is -1.89. The lowest BCUT2D eigenvalue weighted by Gasteiger charge is -1.68. The van der Waals surface area contributed by atoms with Gasteiger partial charge in [-0.15, -0.1) is 0 Å². The first-order valence-electron chi connectivity index (χ1n) is 0.898. The molecule has 0 spiro atoms. The quantitative estimate of drug-likeness (QED) is 0.174. The molecule has 0 aliphatic rings. The molecule has 0 aromatic heterocycles. The SMILES string of the molecule is C.C.C.C.C.C.C.C.C.C.C.C.C.C.N.O.O.O.O.O=S(=O)(O)O.OO.S. The van der Waals surface area contributed by atoms with Gasteiger partial charge in [0, 0.05) is 0 Å². The van der Waals surface area contributed by atoms with Crippen LogP contribution in [-0.2, 0) is 10.4 Å². The highest BCUT2D eigenvalue weighted by atomic mass is 32.3. The Morgan fingerprint density at radius 1 is 0.407 bits per heavy atom. The Morgan fingerprint density at radius 2 is 0.407 bits per heavy atom. The average Bonchev–Trinajstić information content (AvgIpc) is 1.36. The van der Waals surface area contributed by atoms with Crippen LogP contribution >= 0.6 is 13.5 Å². The second kappa shape index (κ2) is 457. The fourth-order valence-corrected chi connectivity index (χ4v) is 0. The largest absolute Gasteiger partial charge is 0.412 e. The predicted molar refractivity (Wildman–Crippen MR) is 144 cm³/mol. The molecule has 0 aromatic rings. The summed E-state index contributed by atoms with van der Waals surface area (Å²) >= 11 is 0. The maximum atomic E-state index is 8.74. The first-order valence-corrected chi connectivity index (χ1v) is 2.30. The average molecular weight is 480 g/mol. The van der Waals surface area contributed by atoms with Crippen LogP contribution in [0.5, 0.6) is 0 Å². The van der Waals surface area contributed by atoms with Crippen molar-refractivity contribution < 1.29 is 49.9 Å². The van der Waals surface area contributed by atoms with E-state index in [1.165, 1.54) is 0 Å². The van der Waals surface area contributed by atoms with Crippen LogP contribution in [0.3, 0.4) is 0 Å². The highest BCUT2D eigenvalue weighted by molar-refractivity contribution is 7.79. The molecule has 27 heavy (non-hydrogen) atoms. The zero-order valence-corrected chi connectivity index (χ0v) is 8.04. The van der Waals surface area contributed by atoms with E-state index in [0.717, 1.165) is 0 Å². The molecule has 0 heterocycles. The van der Waals surface area contributed by atoms with E-state index in [4.69, 9.17) is 28.0 Å². The second-order valence-corrected chi connectivity index (χ2v) is 1.34. The first-order chi connectivity index (χ1) is 3.00. The van der Waals surface area contributed by atoms with Crippen LogP contribution in [0.2, 0.25) is 0 Å². The Labute approximate surface area is 184 Å². The molecular weight excluding hydrogens is 406 g/mol. The van der Waals surface area contributed by atoms with E-state index < -0.39 is 10.4 Å². The van der Waals surface area contributed by atoms with Gasteiger partial charge in [-0.1, -0.05) is 104 Å². The second-order valence-electron chi connectivity index (χ2n) is 0.448. The van der Waals surface area contributed by atoms with Gasteiger partial charge in [-0.2, -0.15) is 21.9 Å². The van der Waals surface area contributed by atoms with Crippen LogP contribution in [0.15, 0.2) is 0 Å². The number of hydrogen-bond donors (Lipinski definition) is 5. The molecule has 0 aliphatic carbocycles. The van der Waals surface area contributed by atoms with Gasteiger partial charge in [-0.25, -0.2) is 0 Å². The summed E-state index contributed by atoms with van der Waals surface area (Å²) in [6, 6.07) is 0. The first kappa shape index (κ1) is 743. The van der Waals surface area contributed by atoms with Gasteiger partial charge in [0.05, 0.1) is 0 Å². The van der Waals surface area contributed by atoms with Crippen molar-refractivity contribution >= 4 is 23.9 Å². The van der Waals surface area contributed by atoms with Crippen LogP contribution in [-0.4, -0.2) is 49.9 Å². The van der Waals surface area contributed by atoms with Crippen molar-refractivity contribution in [2.45, 2.75) is 104 Å². The smallest absolute Gasteiger partial charge is 0.394 e. The fraction of sp³-hybridized carbons (Fsp3) is 1.00. The minimum Gasteiger partial charge on any atom is -0.412 e. The molecule has 0 atom stereocenters. The molecule has 206 valence electrons. The fourth-order valence-electron chi connectivity index (χ4n) is 0. The van der Waals surface area contributed by atoms with E-state index in [1.807, 2.05) is 0 Å². The molecule has 13 heteroatoms. The van der Waals surface area contributed by atoms with Gasteiger partial charge in [0.1, 0.15) is 0 Å². The number of hydrogen-bond acceptors (Lipinski definition) is 5. The molecule has 0 fully saturated rings. The third kappa shape index (κ3) is 4130000. The molecule has 0 saturated carbocycles. The summed E-state index contributed by atoms with van der Waals surface area (Å²) < 4.78 is 31.6. The van der Waals surface area contributed by atoms with Crippen molar-refractivity contribution in [2.24, 2.45) is 0 Å². The van der Waals surface area contributed by atoms with Crippen molar-refractivity contribution in [2.75, 3.05) is 0 Å². The maximum absolute atomic E-state index is 8.74. The molecule has 0 rings (SSSR count). The van der Waals surface area contributed by atoms with Crippen LogP contribution in [0.1, 0.15) is 104 Å². The summed E-state index contributed by atoms with van der Waals surface area (Å²) in [6.07, 6.45) is 0. The Balaban J connectivity index is -0.000000000555. The zero-order chi connectivity index (χ0) is 6.50. The molecule has 0 aliphatic heterocycles. The van der Waals surface area contributed by atoms with E-state index in [9.17, 15) is 0 Å². The van der Waals surface area contributed by atoms with Crippen LogP contribution in [0.25, 0.3) is 0 Å². The van der Waals surface area contributed by atoms with Crippen LogP contribution < -0.4 is 6.15 Å². The minimum absolute atomic E-state index is 0. The summed E-state index contributed by atoms with van der Waals surface area (Å²) in [5.74, 6) is 0. The molecule has 0 unspecified atom stereocenters. The Kier molecular flexibility index (Phi) is 12600. The van der Waals surface area contributed by atoms with E-state index >= 15 is 0 Å². The highest BCUT2D eigenvalue weighted by Gasteiger charge is 1.84. The standard InChI is InChI=1S/14CH4.H3N.H2O4S.H2O2.4H2O.H2S/c;;;;;;;;;;;;;;;1-5(2,3)4;1-2;;;;;/h14*1H4;1H3;(H2,1,2,3,4);1-2H;5*1H2. The van der Waals surface area contributed by atoms with Crippen molar-refractivity contribution in [1.29, 1.82) is 0 Å². The highest BCUT2D eigenvalue weighted by Crippen LogP contribution is 1.59. The predicted octanol–water partition coefficient (Wildman–Crippen LogP) is 5.25. The van der Waals surface area contributed by atoms with Crippen LogP contribution in [0, 0.1) is 0 Å².